The average Bonchev–Trinajstić information content (AvgIpc) is 2.37. The van der Waals surface area contributed by atoms with Gasteiger partial charge in [-0.1, -0.05) is 35.8 Å². The van der Waals surface area contributed by atoms with Crippen LogP contribution in [0.2, 0.25) is 0 Å². The van der Waals surface area contributed by atoms with Gasteiger partial charge < -0.3 is 15.2 Å². The summed E-state index contributed by atoms with van der Waals surface area (Å²) in [5.41, 5.74) is 0.667. The number of carbonyl (C=O) groups excluding carboxylic acids is 1. The summed E-state index contributed by atoms with van der Waals surface area (Å²) in [6.45, 7) is 8.25. The van der Waals surface area contributed by atoms with E-state index in [9.17, 15) is 9.90 Å². The average molecular weight is 358 g/mol. The van der Waals surface area contributed by atoms with Gasteiger partial charge in [0.15, 0.2) is 6.10 Å². The Morgan fingerprint density at radius 1 is 1.33 bits per heavy atom. The predicted molar refractivity (Wildman–Crippen MR) is 87.3 cm³/mol. The third-order valence-electron chi connectivity index (χ3n) is 3.12. The number of ether oxygens (including phenoxy) is 1. The maximum absolute atomic E-state index is 12.0. The molecule has 1 aromatic rings. The lowest BCUT2D eigenvalue weighted by Gasteiger charge is -2.19. The lowest BCUT2D eigenvalue weighted by Crippen LogP contribution is -2.37. The predicted octanol–water partition coefficient (Wildman–Crippen LogP) is 3.43. The number of nitrogens with one attached hydrogen (secondary N) is 1. The molecule has 118 valence electrons. The Labute approximate surface area is 135 Å². The standard InChI is InChI=1S/C16H24BrNO3/c1-10(2)7-8-18-16(20)12(4)21-15-9-13(17)5-6-14(15)11(3)19/h5-6,9-12,19H,7-8H2,1-4H3,(H,18,20). The van der Waals surface area contributed by atoms with Gasteiger partial charge in [0.1, 0.15) is 5.75 Å². The number of hydrogen-bond donors (Lipinski definition) is 2. The molecule has 2 unspecified atom stereocenters. The first kappa shape index (κ1) is 18.0. The molecule has 0 spiro atoms. The van der Waals surface area contributed by atoms with Crippen LogP contribution >= 0.6 is 15.9 Å². The Balaban J connectivity index is 2.67. The molecule has 0 radical (unpaired) electrons. The molecule has 4 nitrogen and oxygen atoms in total. The van der Waals surface area contributed by atoms with Crippen LogP contribution in [0.15, 0.2) is 22.7 Å². The zero-order chi connectivity index (χ0) is 16.0. The summed E-state index contributed by atoms with van der Waals surface area (Å²) >= 11 is 3.37. The van der Waals surface area contributed by atoms with Crippen LogP contribution in [0.25, 0.3) is 0 Å². The quantitative estimate of drug-likeness (QED) is 0.785. The second-order valence-corrected chi connectivity index (χ2v) is 6.51. The fraction of sp³-hybridized carbons (Fsp3) is 0.562. The summed E-state index contributed by atoms with van der Waals surface area (Å²) in [6, 6.07) is 5.38. The maximum Gasteiger partial charge on any atom is 0.260 e. The van der Waals surface area contributed by atoms with Crippen molar-refractivity contribution in [3.05, 3.63) is 28.2 Å². The summed E-state index contributed by atoms with van der Waals surface area (Å²) in [5, 5.41) is 12.6. The highest BCUT2D eigenvalue weighted by Gasteiger charge is 2.18. The summed E-state index contributed by atoms with van der Waals surface area (Å²) in [7, 11) is 0. The fourth-order valence-electron chi connectivity index (χ4n) is 1.83. The van der Waals surface area contributed by atoms with Gasteiger partial charge in [0.05, 0.1) is 6.10 Å². The van der Waals surface area contributed by atoms with Gasteiger partial charge in [-0.25, -0.2) is 0 Å². The van der Waals surface area contributed by atoms with Crippen molar-refractivity contribution in [2.75, 3.05) is 6.54 Å². The molecule has 0 bridgehead atoms. The van der Waals surface area contributed by atoms with E-state index in [0.717, 1.165) is 10.9 Å². The lowest BCUT2D eigenvalue weighted by molar-refractivity contribution is -0.127. The molecule has 0 fully saturated rings. The number of benzene rings is 1. The molecule has 0 saturated carbocycles. The van der Waals surface area contributed by atoms with Gasteiger partial charge >= 0.3 is 0 Å². The van der Waals surface area contributed by atoms with Crippen molar-refractivity contribution in [2.45, 2.75) is 46.3 Å². The SMILES string of the molecule is CC(C)CCNC(=O)C(C)Oc1cc(Br)ccc1C(C)O. The first-order valence-corrected chi connectivity index (χ1v) is 8.02. The molecule has 0 aromatic heterocycles. The Kier molecular flexibility index (Phi) is 7.18. The molecular weight excluding hydrogens is 334 g/mol. The largest absolute Gasteiger partial charge is 0.480 e. The van der Waals surface area contributed by atoms with Crippen molar-refractivity contribution in [1.82, 2.24) is 5.32 Å². The van der Waals surface area contributed by atoms with E-state index < -0.39 is 12.2 Å². The molecule has 0 aliphatic carbocycles. The van der Waals surface area contributed by atoms with Gasteiger partial charge in [0.25, 0.3) is 5.91 Å². The van der Waals surface area contributed by atoms with Gasteiger partial charge in [0.2, 0.25) is 0 Å². The van der Waals surface area contributed by atoms with Crippen molar-refractivity contribution in [3.63, 3.8) is 0 Å². The first-order valence-electron chi connectivity index (χ1n) is 7.23. The number of aliphatic hydroxyl groups excluding tert-OH is 1. The van der Waals surface area contributed by atoms with E-state index in [1.54, 1.807) is 26.0 Å². The van der Waals surface area contributed by atoms with Gasteiger partial charge in [-0.05, 0) is 38.3 Å². The minimum atomic E-state index is -0.649. The van der Waals surface area contributed by atoms with Crippen molar-refractivity contribution in [1.29, 1.82) is 0 Å². The van der Waals surface area contributed by atoms with Gasteiger partial charge in [-0.3, -0.25) is 4.79 Å². The van der Waals surface area contributed by atoms with Crippen LogP contribution in [0.1, 0.15) is 45.8 Å². The summed E-state index contributed by atoms with van der Waals surface area (Å²) in [4.78, 5) is 12.0. The Hall–Kier alpha value is -1.07. The van der Waals surface area contributed by atoms with E-state index in [-0.39, 0.29) is 5.91 Å². The number of halogens is 1. The normalized spacial score (nSPS) is 13.9. The van der Waals surface area contributed by atoms with E-state index in [1.807, 2.05) is 6.07 Å². The summed E-state index contributed by atoms with van der Waals surface area (Å²) in [6.07, 6.45) is -0.317. The molecule has 1 rings (SSSR count). The zero-order valence-electron chi connectivity index (χ0n) is 13.0. The highest BCUT2D eigenvalue weighted by molar-refractivity contribution is 9.10. The maximum atomic E-state index is 12.0. The number of hydrogen-bond acceptors (Lipinski definition) is 3. The third kappa shape index (κ3) is 6.06. The summed E-state index contributed by atoms with van der Waals surface area (Å²) in [5.74, 6) is 0.923. The molecule has 0 saturated heterocycles. The van der Waals surface area contributed by atoms with Crippen LogP contribution in [-0.4, -0.2) is 23.7 Å². The van der Waals surface area contributed by atoms with Crippen LogP contribution in [0.3, 0.4) is 0 Å². The van der Waals surface area contributed by atoms with Crippen molar-refractivity contribution < 1.29 is 14.6 Å². The van der Waals surface area contributed by atoms with Gasteiger partial charge in [-0.2, -0.15) is 0 Å². The molecule has 2 atom stereocenters. The van der Waals surface area contributed by atoms with Crippen LogP contribution in [-0.2, 0) is 4.79 Å². The molecule has 0 aliphatic rings. The molecule has 1 aromatic carbocycles. The molecule has 21 heavy (non-hydrogen) atoms. The number of rotatable bonds is 7. The van der Waals surface area contributed by atoms with E-state index >= 15 is 0 Å². The molecule has 5 heteroatoms. The van der Waals surface area contributed by atoms with Crippen LogP contribution in [0, 0.1) is 5.92 Å². The second-order valence-electron chi connectivity index (χ2n) is 5.59. The summed E-state index contributed by atoms with van der Waals surface area (Å²) < 4.78 is 6.55. The van der Waals surface area contributed by atoms with E-state index in [0.29, 0.717) is 23.8 Å². The van der Waals surface area contributed by atoms with E-state index in [1.165, 1.54) is 0 Å². The molecule has 0 heterocycles. The van der Waals surface area contributed by atoms with Crippen LogP contribution in [0.4, 0.5) is 0 Å². The smallest absolute Gasteiger partial charge is 0.260 e. The van der Waals surface area contributed by atoms with Crippen LogP contribution in [0.5, 0.6) is 5.75 Å². The molecule has 2 N–H and O–H groups in total. The minimum Gasteiger partial charge on any atom is -0.480 e. The van der Waals surface area contributed by atoms with Gasteiger partial charge in [0, 0.05) is 16.6 Å². The molecular formula is C16H24BrNO3. The number of aliphatic hydroxyl groups is 1. The highest BCUT2D eigenvalue weighted by Crippen LogP contribution is 2.29. The molecule has 1 amide bonds. The van der Waals surface area contributed by atoms with Gasteiger partial charge in [-0.15, -0.1) is 0 Å². The Bertz CT molecular complexity index is 475. The highest BCUT2D eigenvalue weighted by atomic mass is 79.9. The molecule has 0 aliphatic heterocycles. The topological polar surface area (TPSA) is 58.6 Å². The van der Waals surface area contributed by atoms with Crippen molar-refractivity contribution >= 4 is 21.8 Å². The zero-order valence-corrected chi connectivity index (χ0v) is 14.6. The third-order valence-corrected chi connectivity index (χ3v) is 3.61. The van der Waals surface area contributed by atoms with Crippen molar-refractivity contribution in [3.8, 4) is 5.75 Å². The second kappa shape index (κ2) is 8.39. The first-order chi connectivity index (χ1) is 9.81. The van der Waals surface area contributed by atoms with E-state index in [4.69, 9.17) is 4.74 Å². The Morgan fingerprint density at radius 3 is 2.57 bits per heavy atom. The van der Waals surface area contributed by atoms with Crippen molar-refractivity contribution in [2.24, 2.45) is 5.92 Å². The number of amides is 1. The number of carbonyl (C=O) groups is 1. The Morgan fingerprint density at radius 2 is 2.00 bits per heavy atom. The lowest BCUT2D eigenvalue weighted by atomic mass is 10.1. The fourth-order valence-corrected chi connectivity index (χ4v) is 2.17. The van der Waals surface area contributed by atoms with E-state index in [2.05, 4.69) is 35.1 Å². The monoisotopic (exact) mass is 357 g/mol. The van der Waals surface area contributed by atoms with Crippen LogP contribution < -0.4 is 10.1 Å². The minimum absolute atomic E-state index is 0.146.